The summed E-state index contributed by atoms with van der Waals surface area (Å²) in [6.07, 6.45) is -0.172. The molecule has 1 saturated heterocycles. The number of aliphatic imine (C=N–C) groups is 1. The fourth-order valence-corrected chi connectivity index (χ4v) is 5.36. The molecule has 9 nitrogen and oxygen atoms in total. The quantitative estimate of drug-likeness (QED) is 0.121. The molecule has 3 aromatic carbocycles. The molecule has 5 N–H and O–H groups in total. The van der Waals surface area contributed by atoms with Crippen molar-refractivity contribution < 1.29 is 24.1 Å². The van der Waals surface area contributed by atoms with E-state index in [0.717, 1.165) is 16.7 Å². The Morgan fingerprint density at radius 2 is 1.47 bits per heavy atom. The van der Waals surface area contributed by atoms with E-state index in [4.69, 9.17) is 30.5 Å². The SMILES string of the molecule is C=CN=C(N)c1ccc(C2(O)O[C@H](COCc3ccccc3)[C@@H](OCc3ccccc3)[C@@]2(C)OCc2ccccc2)n1N. The van der Waals surface area contributed by atoms with Gasteiger partial charge in [0.15, 0.2) is 5.60 Å². The van der Waals surface area contributed by atoms with Gasteiger partial charge in [-0.15, -0.1) is 0 Å². The minimum absolute atomic E-state index is 0.124. The van der Waals surface area contributed by atoms with E-state index in [1.807, 2.05) is 91.0 Å². The van der Waals surface area contributed by atoms with Gasteiger partial charge in [0, 0.05) is 6.20 Å². The molecule has 1 aliphatic heterocycles. The van der Waals surface area contributed by atoms with Gasteiger partial charge in [0.2, 0.25) is 5.79 Å². The van der Waals surface area contributed by atoms with Crippen molar-refractivity contribution in [1.29, 1.82) is 0 Å². The second kappa shape index (κ2) is 13.4. The number of nitrogens with zero attached hydrogens (tertiary/aromatic N) is 2. The molecule has 0 radical (unpaired) electrons. The van der Waals surface area contributed by atoms with Crippen LogP contribution in [0.3, 0.4) is 0 Å². The zero-order valence-electron chi connectivity index (χ0n) is 24.2. The molecule has 0 bridgehead atoms. The lowest BCUT2D eigenvalue weighted by Gasteiger charge is -2.40. The van der Waals surface area contributed by atoms with Gasteiger partial charge in [0.05, 0.1) is 26.4 Å². The van der Waals surface area contributed by atoms with Crippen molar-refractivity contribution in [3.63, 3.8) is 0 Å². The number of benzene rings is 3. The van der Waals surface area contributed by atoms with Crippen LogP contribution in [0.4, 0.5) is 0 Å². The molecular weight excluding hydrogens is 544 g/mol. The van der Waals surface area contributed by atoms with Gasteiger partial charge in [0.1, 0.15) is 29.4 Å². The third-order valence-electron chi connectivity index (χ3n) is 7.68. The fourth-order valence-electron chi connectivity index (χ4n) is 5.36. The molecule has 43 heavy (non-hydrogen) atoms. The van der Waals surface area contributed by atoms with E-state index in [1.54, 1.807) is 19.1 Å². The highest BCUT2D eigenvalue weighted by Gasteiger charge is 2.67. The van der Waals surface area contributed by atoms with Crippen LogP contribution in [-0.4, -0.2) is 40.0 Å². The van der Waals surface area contributed by atoms with Crippen LogP contribution >= 0.6 is 0 Å². The van der Waals surface area contributed by atoms with Gasteiger partial charge in [-0.2, -0.15) is 0 Å². The summed E-state index contributed by atoms with van der Waals surface area (Å²) in [7, 11) is 0. The Balaban J connectivity index is 1.52. The average Bonchev–Trinajstić information content (AvgIpc) is 3.52. The first-order chi connectivity index (χ1) is 20.9. The van der Waals surface area contributed by atoms with Crippen molar-refractivity contribution in [2.75, 3.05) is 12.4 Å². The second-order valence-corrected chi connectivity index (χ2v) is 10.6. The van der Waals surface area contributed by atoms with Gasteiger partial charge in [-0.3, -0.25) is 4.68 Å². The first-order valence-electron chi connectivity index (χ1n) is 14.1. The predicted molar refractivity (Wildman–Crippen MR) is 165 cm³/mol. The van der Waals surface area contributed by atoms with E-state index in [-0.39, 0.29) is 31.4 Å². The molecule has 0 saturated carbocycles. The van der Waals surface area contributed by atoms with E-state index in [0.29, 0.717) is 12.3 Å². The highest BCUT2D eigenvalue weighted by atomic mass is 16.7. The van der Waals surface area contributed by atoms with Crippen LogP contribution in [0.15, 0.2) is 121 Å². The molecule has 4 aromatic rings. The van der Waals surface area contributed by atoms with Crippen LogP contribution < -0.4 is 11.6 Å². The van der Waals surface area contributed by atoms with Gasteiger partial charge in [0.25, 0.3) is 0 Å². The average molecular weight is 583 g/mol. The summed E-state index contributed by atoms with van der Waals surface area (Å²) in [6.45, 7) is 6.31. The number of rotatable bonds is 13. The van der Waals surface area contributed by atoms with Crippen molar-refractivity contribution in [1.82, 2.24) is 4.68 Å². The Kier molecular flexibility index (Phi) is 9.40. The number of hydrogen-bond acceptors (Lipinski definition) is 7. The van der Waals surface area contributed by atoms with Crippen LogP contribution in [0.1, 0.15) is 35.0 Å². The summed E-state index contributed by atoms with van der Waals surface area (Å²) >= 11 is 0. The summed E-state index contributed by atoms with van der Waals surface area (Å²) in [4.78, 5) is 4.05. The molecule has 1 aromatic heterocycles. The standard InChI is InChI=1S/C34H38N4O5/c1-3-37-32(35)28-19-20-30(38(28)36)34(39)33(2,42-23-27-17-11-6-12-18-27)31(41-22-26-15-9-5-10-16-26)29(43-34)24-40-21-25-13-7-4-8-14-25/h3-20,29,31,39H,1,21-24,36H2,2H3,(H2,35,37)/t29-,31-,33-,34?/m1/s1. The molecular formula is C34H38N4O5. The Morgan fingerprint density at radius 1 is 0.907 bits per heavy atom. The number of aliphatic hydroxyl groups is 1. The minimum atomic E-state index is -2.06. The fraction of sp³-hybridized carbons (Fsp3) is 0.265. The van der Waals surface area contributed by atoms with Crippen LogP contribution in [0.5, 0.6) is 0 Å². The Morgan fingerprint density at radius 3 is 2.05 bits per heavy atom. The maximum absolute atomic E-state index is 12.5. The number of hydrogen-bond donors (Lipinski definition) is 3. The number of aromatic nitrogens is 1. The van der Waals surface area contributed by atoms with E-state index in [2.05, 4.69) is 11.6 Å². The predicted octanol–water partition coefficient (Wildman–Crippen LogP) is 4.37. The smallest absolute Gasteiger partial charge is 0.242 e. The lowest BCUT2D eigenvalue weighted by atomic mass is 9.87. The third kappa shape index (κ3) is 6.41. The number of amidine groups is 1. The van der Waals surface area contributed by atoms with E-state index >= 15 is 0 Å². The van der Waals surface area contributed by atoms with Gasteiger partial charge in [-0.25, -0.2) is 4.99 Å². The van der Waals surface area contributed by atoms with Crippen LogP contribution in [0.25, 0.3) is 0 Å². The summed E-state index contributed by atoms with van der Waals surface area (Å²) in [5.41, 5.74) is 8.18. The molecule has 0 amide bonds. The molecule has 224 valence electrons. The van der Waals surface area contributed by atoms with Crippen molar-refractivity contribution >= 4 is 5.84 Å². The highest BCUT2D eigenvalue weighted by Crippen LogP contribution is 2.49. The maximum Gasteiger partial charge on any atom is 0.242 e. The van der Waals surface area contributed by atoms with E-state index in [9.17, 15) is 5.11 Å². The summed E-state index contributed by atoms with van der Waals surface area (Å²) in [5.74, 6) is 4.59. The summed E-state index contributed by atoms with van der Waals surface area (Å²) < 4.78 is 27.0. The van der Waals surface area contributed by atoms with Crippen LogP contribution in [-0.2, 0) is 44.6 Å². The molecule has 4 atom stereocenters. The van der Waals surface area contributed by atoms with E-state index < -0.39 is 23.6 Å². The topological polar surface area (TPSA) is 126 Å². The molecule has 0 spiro atoms. The Bertz CT molecular complexity index is 1510. The minimum Gasteiger partial charge on any atom is -0.382 e. The summed E-state index contributed by atoms with van der Waals surface area (Å²) in [6, 6.07) is 32.6. The van der Waals surface area contributed by atoms with Gasteiger partial charge >= 0.3 is 0 Å². The van der Waals surface area contributed by atoms with Gasteiger partial charge in [-0.05, 0) is 35.7 Å². The second-order valence-electron chi connectivity index (χ2n) is 10.6. The monoisotopic (exact) mass is 582 g/mol. The molecule has 1 aliphatic rings. The van der Waals surface area contributed by atoms with Crippen molar-refractivity contribution in [3.05, 3.63) is 144 Å². The molecule has 1 fully saturated rings. The molecule has 1 unspecified atom stereocenters. The Hall–Kier alpha value is -4.25. The number of nitrogens with two attached hydrogens (primary N) is 2. The summed E-state index contributed by atoms with van der Waals surface area (Å²) in [5, 5.41) is 12.5. The van der Waals surface area contributed by atoms with Crippen LogP contribution in [0.2, 0.25) is 0 Å². The normalized spacial score (nSPS) is 23.8. The number of nitrogen functional groups attached to an aromatic ring is 1. The molecule has 5 rings (SSSR count). The van der Waals surface area contributed by atoms with Crippen LogP contribution in [0, 0.1) is 0 Å². The zero-order valence-corrected chi connectivity index (χ0v) is 24.2. The van der Waals surface area contributed by atoms with E-state index in [1.165, 1.54) is 10.9 Å². The molecule has 9 heteroatoms. The lowest BCUT2D eigenvalue weighted by molar-refractivity contribution is -0.294. The van der Waals surface area contributed by atoms with Crippen molar-refractivity contribution in [2.45, 2.75) is 50.3 Å². The Labute approximate surface area is 251 Å². The number of ether oxygens (including phenoxy) is 4. The zero-order chi connectivity index (χ0) is 30.3. The lowest BCUT2D eigenvalue weighted by Crippen LogP contribution is -2.56. The highest BCUT2D eigenvalue weighted by molar-refractivity contribution is 5.96. The first kappa shape index (κ1) is 30.2. The first-order valence-corrected chi connectivity index (χ1v) is 14.1. The van der Waals surface area contributed by atoms with Gasteiger partial charge < -0.3 is 35.6 Å². The largest absolute Gasteiger partial charge is 0.382 e. The maximum atomic E-state index is 12.5. The molecule has 2 heterocycles. The molecule has 0 aliphatic carbocycles. The third-order valence-corrected chi connectivity index (χ3v) is 7.68. The van der Waals surface area contributed by atoms with Crippen molar-refractivity contribution in [2.24, 2.45) is 10.7 Å². The van der Waals surface area contributed by atoms with Crippen molar-refractivity contribution in [3.8, 4) is 0 Å². The van der Waals surface area contributed by atoms with Gasteiger partial charge in [-0.1, -0.05) is 97.6 Å².